The number of benzene rings is 1. The number of hydrogen-bond acceptors (Lipinski definition) is 5. The van der Waals surface area contributed by atoms with Gasteiger partial charge in [-0.1, -0.05) is 20.8 Å². The van der Waals surface area contributed by atoms with Crippen molar-refractivity contribution in [3.8, 4) is 11.5 Å². The van der Waals surface area contributed by atoms with Gasteiger partial charge in [0, 0.05) is 12.1 Å². The molecule has 0 saturated heterocycles. The topological polar surface area (TPSA) is 98.6 Å². The van der Waals surface area contributed by atoms with Gasteiger partial charge in [0.15, 0.2) is 5.75 Å². The summed E-state index contributed by atoms with van der Waals surface area (Å²) in [7, 11) is 1.34. The predicted octanol–water partition coefficient (Wildman–Crippen LogP) is 2.35. The van der Waals surface area contributed by atoms with Crippen LogP contribution in [0.25, 0.3) is 0 Å². The van der Waals surface area contributed by atoms with Crippen molar-refractivity contribution >= 4 is 5.69 Å². The minimum atomic E-state index is -0.656. The first-order chi connectivity index (χ1) is 8.18. The number of nitrogens with two attached hydrogens (primary N) is 1. The number of phenolic OH excluding ortho intramolecular Hbond substituents is 1. The molecular formula is C12H18N2O4. The van der Waals surface area contributed by atoms with E-state index in [-0.39, 0.29) is 11.2 Å². The van der Waals surface area contributed by atoms with Crippen molar-refractivity contribution in [1.82, 2.24) is 0 Å². The Morgan fingerprint density at radius 3 is 2.39 bits per heavy atom. The molecule has 100 valence electrons. The number of hydrogen-bond donors (Lipinski definition) is 2. The Balaban J connectivity index is 3.39. The van der Waals surface area contributed by atoms with Crippen LogP contribution in [0.4, 0.5) is 5.69 Å². The van der Waals surface area contributed by atoms with Gasteiger partial charge in [-0.3, -0.25) is 10.1 Å². The Kier molecular flexibility index (Phi) is 3.81. The minimum absolute atomic E-state index is 0.0545. The molecule has 0 spiro atoms. The SMILES string of the molecule is COc1cc([C@H](N)C(C)(C)C)cc([N+](=O)[O-])c1O. The van der Waals surface area contributed by atoms with Gasteiger partial charge in [0.1, 0.15) is 0 Å². The molecule has 0 aliphatic rings. The highest BCUT2D eigenvalue weighted by molar-refractivity contribution is 5.57. The Labute approximate surface area is 106 Å². The van der Waals surface area contributed by atoms with Crippen LogP contribution in [-0.4, -0.2) is 17.1 Å². The highest BCUT2D eigenvalue weighted by atomic mass is 16.6. The number of ether oxygens (including phenoxy) is 1. The van der Waals surface area contributed by atoms with Crippen molar-refractivity contribution in [1.29, 1.82) is 0 Å². The van der Waals surface area contributed by atoms with E-state index >= 15 is 0 Å². The quantitative estimate of drug-likeness (QED) is 0.637. The Bertz CT molecular complexity index is 466. The van der Waals surface area contributed by atoms with Crippen LogP contribution in [0.5, 0.6) is 11.5 Å². The van der Waals surface area contributed by atoms with Crippen LogP contribution < -0.4 is 10.5 Å². The third kappa shape index (κ3) is 2.70. The lowest BCUT2D eigenvalue weighted by atomic mass is 9.83. The first-order valence-electron chi connectivity index (χ1n) is 5.49. The van der Waals surface area contributed by atoms with Crippen LogP contribution >= 0.6 is 0 Å². The van der Waals surface area contributed by atoms with Crippen molar-refractivity contribution in [3.05, 3.63) is 27.8 Å². The molecule has 1 rings (SSSR count). The minimum Gasteiger partial charge on any atom is -0.500 e. The zero-order valence-electron chi connectivity index (χ0n) is 10.9. The van der Waals surface area contributed by atoms with Gasteiger partial charge in [0.05, 0.1) is 12.0 Å². The number of rotatable bonds is 3. The highest BCUT2D eigenvalue weighted by Gasteiger charge is 2.27. The molecule has 0 unspecified atom stereocenters. The lowest BCUT2D eigenvalue weighted by Gasteiger charge is -2.27. The first-order valence-corrected chi connectivity index (χ1v) is 5.49. The van der Waals surface area contributed by atoms with Gasteiger partial charge in [0.2, 0.25) is 5.75 Å². The molecule has 0 fully saturated rings. The summed E-state index contributed by atoms with van der Waals surface area (Å²) in [6.45, 7) is 5.80. The average Bonchev–Trinajstić information content (AvgIpc) is 2.26. The molecule has 0 saturated carbocycles. The molecular weight excluding hydrogens is 236 g/mol. The first kappa shape index (κ1) is 14.2. The number of aromatic hydroxyl groups is 1. The molecule has 0 aliphatic heterocycles. The summed E-state index contributed by atoms with van der Waals surface area (Å²) in [5.74, 6) is -0.425. The van der Waals surface area contributed by atoms with E-state index in [9.17, 15) is 15.2 Å². The molecule has 0 heterocycles. The second kappa shape index (κ2) is 4.81. The van der Waals surface area contributed by atoms with E-state index in [2.05, 4.69) is 0 Å². The van der Waals surface area contributed by atoms with Gasteiger partial charge in [-0.25, -0.2) is 0 Å². The van der Waals surface area contributed by atoms with E-state index in [1.165, 1.54) is 19.2 Å². The molecule has 0 aromatic heterocycles. The molecule has 0 aliphatic carbocycles. The predicted molar refractivity (Wildman–Crippen MR) is 67.7 cm³/mol. The summed E-state index contributed by atoms with van der Waals surface area (Å²) >= 11 is 0. The van der Waals surface area contributed by atoms with Crippen LogP contribution in [0, 0.1) is 15.5 Å². The second-order valence-corrected chi connectivity index (χ2v) is 5.19. The van der Waals surface area contributed by atoms with Gasteiger partial charge in [-0.2, -0.15) is 0 Å². The Morgan fingerprint density at radius 1 is 1.44 bits per heavy atom. The van der Waals surface area contributed by atoms with E-state index in [4.69, 9.17) is 10.5 Å². The normalized spacial score (nSPS) is 13.2. The average molecular weight is 254 g/mol. The van der Waals surface area contributed by atoms with Gasteiger partial charge in [0.25, 0.3) is 0 Å². The van der Waals surface area contributed by atoms with Crippen LogP contribution in [-0.2, 0) is 0 Å². The maximum absolute atomic E-state index is 10.9. The summed E-state index contributed by atoms with van der Waals surface area (Å²) in [5.41, 5.74) is 5.96. The number of methoxy groups -OCH3 is 1. The van der Waals surface area contributed by atoms with Gasteiger partial charge in [-0.15, -0.1) is 0 Å². The van der Waals surface area contributed by atoms with E-state index in [0.717, 1.165) is 0 Å². The molecule has 1 aromatic rings. The van der Waals surface area contributed by atoms with Crippen LogP contribution in [0.2, 0.25) is 0 Å². The molecule has 1 atom stereocenters. The van der Waals surface area contributed by atoms with Crippen molar-refractivity contribution in [3.63, 3.8) is 0 Å². The molecule has 6 heteroatoms. The van der Waals surface area contributed by atoms with Crippen molar-refractivity contribution in [2.75, 3.05) is 7.11 Å². The zero-order valence-corrected chi connectivity index (χ0v) is 10.9. The zero-order chi connectivity index (χ0) is 14.1. The fourth-order valence-corrected chi connectivity index (χ4v) is 1.59. The van der Waals surface area contributed by atoms with Crippen LogP contribution in [0.1, 0.15) is 32.4 Å². The molecule has 0 bridgehead atoms. The van der Waals surface area contributed by atoms with Crippen molar-refractivity contribution in [2.45, 2.75) is 26.8 Å². The number of nitro benzene ring substituents is 1. The van der Waals surface area contributed by atoms with E-state index < -0.39 is 22.4 Å². The third-order valence-electron chi connectivity index (χ3n) is 2.79. The molecule has 3 N–H and O–H groups in total. The Morgan fingerprint density at radius 2 is 2.00 bits per heavy atom. The maximum atomic E-state index is 10.9. The summed E-state index contributed by atoms with van der Waals surface area (Å²) in [6, 6.07) is 2.41. The third-order valence-corrected chi connectivity index (χ3v) is 2.79. The van der Waals surface area contributed by atoms with Crippen LogP contribution in [0.3, 0.4) is 0 Å². The lowest BCUT2D eigenvalue weighted by Crippen LogP contribution is -2.26. The molecule has 1 aromatic carbocycles. The van der Waals surface area contributed by atoms with Crippen LogP contribution in [0.15, 0.2) is 12.1 Å². The number of nitro groups is 1. The fraction of sp³-hybridized carbons (Fsp3) is 0.500. The highest BCUT2D eigenvalue weighted by Crippen LogP contribution is 2.41. The van der Waals surface area contributed by atoms with E-state index in [1.54, 1.807) is 0 Å². The van der Waals surface area contributed by atoms with Gasteiger partial charge < -0.3 is 15.6 Å². The molecule has 18 heavy (non-hydrogen) atoms. The summed E-state index contributed by atoms with van der Waals surface area (Å²) in [6.07, 6.45) is 0. The summed E-state index contributed by atoms with van der Waals surface area (Å²) < 4.78 is 4.93. The lowest BCUT2D eigenvalue weighted by molar-refractivity contribution is -0.386. The molecule has 0 radical (unpaired) electrons. The largest absolute Gasteiger partial charge is 0.500 e. The molecule has 6 nitrogen and oxygen atoms in total. The second-order valence-electron chi connectivity index (χ2n) is 5.19. The van der Waals surface area contributed by atoms with Crippen molar-refractivity contribution < 1.29 is 14.8 Å². The fourth-order valence-electron chi connectivity index (χ4n) is 1.59. The summed E-state index contributed by atoms with van der Waals surface area (Å²) in [4.78, 5) is 10.2. The van der Waals surface area contributed by atoms with Gasteiger partial charge in [-0.05, 0) is 17.0 Å². The monoisotopic (exact) mass is 254 g/mol. The standard InChI is InChI=1S/C12H18N2O4/c1-12(2,3)11(13)7-5-8(14(16)17)10(15)9(6-7)18-4/h5-6,11,15H,13H2,1-4H3/t11-/m0/s1. The van der Waals surface area contributed by atoms with Gasteiger partial charge >= 0.3 is 5.69 Å². The summed E-state index contributed by atoms with van der Waals surface area (Å²) in [5, 5.41) is 20.5. The smallest absolute Gasteiger partial charge is 0.314 e. The number of nitrogens with zero attached hydrogens (tertiary/aromatic N) is 1. The maximum Gasteiger partial charge on any atom is 0.314 e. The van der Waals surface area contributed by atoms with Crippen molar-refractivity contribution in [2.24, 2.45) is 11.1 Å². The van der Waals surface area contributed by atoms with E-state index in [1.807, 2.05) is 20.8 Å². The molecule has 0 amide bonds. The Hall–Kier alpha value is -1.82. The van der Waals surface area contributed by atoms with E-state index in [0.29, 0.717) is 5.56 Å². The number of phenols is 1.